The standard InChI is InChI=1S/C25H38N4.C2H6.H2/c1-2-4-9-20(10-5-3-1)19-28-17-14-21(15-18-28)29-24-13-7-6-11-22(24)27-25(29)23-12-8-16-26-23;1-2;/h6-7,11,13,20-21,23,26H,1-5,8-10,12,14-19H2;1-2H3;1H/t23-;;/m1../s1. The first-order chi connectivity index (χ1) is 15.4. The fourth-order valence-electron chi connectivity index (χ4n) is 6.05. The Labute approximate surface area is 191 Å². The summed E-state index contributed by atoms with van der Waals surface area (Å²) in [6.07, 6.45) is 15.3. The molecule has 174 valence electrons. The van der Waals surface area contributed by atoms with E-state index in [0.717, 1.165) is 12.5 Å². The van der Waals surface area contributed by atoms with Gasteiger partial charge in [0, 0.05) is 27.1 Å². The minimum absolute atomic E-state index is 0. The van der Waals surface area contributed by atoms with Gasteiger partial charge in [-0.15, -0.1) is 0 Å². The Balaban J connectivity index is 0.000000938. The maximum atomic E-state index is 5.09. The molecule has 3 fully saturated rings. The van der Waals surface area contributed by atoms with Crippen LogP contribution in [0.5, 0.6) is 0 Å². The van der Waals surface area contributed by atoms with Crippen molar-refractivity contribution in [2.45, 2.75) is 96.6 Å². The lowest BCUT2D eigenvalue weighted by molar-refractivity contribution is 0.151. The van der Waals surface area contributed by atoms with Crippen molar-refractivity contribution in [3.05, 3.63) is 30.1 Å². The molecule has 0 spiro atoms. The number of hydrogen-bond donors (Lipinski definition) is 1. The van der Waals surface area contributed by atoms with Gasteiger partial charge in [0.25, 0.3) is 0 Å². The van der Waals surface area contributed by atoms with Gasteiger partial charge in [-0.05, 0) is 63.1 Å². The van der Waals surface area contributed by atoms with Crippen molar-refractivity contribution < 1.29 is 1.43 Å². The fourth-order valence-corrected chi connectivity index (χ4v) is 6.05. The molecule has 1 saturated carbocycles. The van der Waals surface area contributed by atoms with E-state index in [4.69, 9.17) is 4.98 Å². The first-order valence-corrected chi connectivity index (χ1v) is 13.3. The highest BCUT2D eigenvalue weighted by Gasteiger charge is 2.29. The molecule has 2 aliphatic heterocycles. The normalized spacial score (nSPS) is 24.5. The molecule has 2 saturated heterocycles. The largest absolute Gasteiger partial charge is 0.323 e. The van der Waals surface area contributed by atoms with Gasteiger partial charge < -0.3 is 14.8 Å². The zero-order chi connectivity index (χ0) is 21.5. The third-order valence-electron chi connectivity index (χ3n) is 7.66. The molecule has 0 radical (unpaired) electrons. The van der Waals surface area contributed by atoms with Crippen LogP contribution in [-0.2, 0) is 0 Å². The van der Waals surface area contributed by atoms with Gasteiger partial charge >= 0.3 is 0 Å². The molecule has 0 bridgehead atoms. The smallest absolute Gasteiger partial charge is 0.127 e. The Morgan fingerprint density at radius 1 is 0.903 bits per heavy atom. The van der Waals surface area contributed by atoms with Crippen LogP contribution in [0.4, 0.5) is 0 Å². The number of hydrogen-bond acceptors (Lipinski definition) is 3. The second-order valence-corrected chi connectivity index (χ2v) is 9.72. The maximum absolute atomic E-state index is 5.09. The van der Waals surface area contributed by atoms with E-state index in [2.05, 4.69) is 39.0 Å². The average Bonchev–Trinajstić information content (AvgIpc) is 3.45. The summed E-state index contributed by atoms with van der Waals surface area (Å²) in [7, 11) is 0. The zero-order valence-electron chi connectivity index (χ0n) is 20.0. The van der Waals surface area contributed by atoms with Gasteiger partial charge in [0.1, 0.15) is 5.82 Å². The summed E-state index contributed by atoms with van der Waals surface area (Å²) in [5.74, 6) is 2.24. The fraction of sp³-hybridized carbons (Fsp3) is 0.741. The monoisotopic (exact) mass is 426 g/mol. The summed E-state index contributed by atoms with van der Waals surface area (Å²) in [6, 6.07) is 9.82. The molecule has 1 aromatic heterocycles. The van der Waals surface area contributed by atoms with Crippen molar-refractivity contribution in [2.24, 2.45) is 5.92 Å². The van der Waals surface area contributed by atoms with Crippen LogP contribution in [-0.4, -0.2) is 40.6 Å². The number of benzene rings is 1. The first-order valence-electron chi connectivity index (χ1n) is 13.3. The molecule has 1 atom stereocenters. The molecule has 3 heterocycles. The van der Waals surface area contributed by atoms with Crippen molar-refractivity contribution in [1.29, 1.82) is 0 Å². The lowest BCUT2D eigenvalue weighted by Gasteiger charge is -2.36. The zero-order valence-corrected chi connectivity index (χ0v) is 20.0. The van der Waals surface area contributed by atoms with E-state index in [1.165, 1.54) is 107 Å². The Kier molecular flexibility index (Phi) is 8.43. The highest BCUT2D eigenvalue weighted by atomic mass is 15.2. The molecular weight excluding hydrogens is 380 g/mol. The second kappa shape index (κ2) is 11.5. The van der Waals surface area contributed by atoms with Crippen molar-refractivity contribution in [3.8, 4) is 0 Å². The predicted molar refractivity (Wildman–Crippen MR) is 134 cm³/mol. The number of nitrogens with zero attached hydrogens (tertiary/aromatic N) is 3. The third-order valence-corrected chi connectivity index (χ3v) is 7.66. The molecule has 0 unspecified atom stereocenters. The van der Waals surface area contributed by atoms with E-state index >= 15 is 0 Å². The predicted octanol–water partition coefficient (Wildman–Crippen LogP) is 6.73. The number of para-hydroxylation sites is 2. The van der Waals surface area contributed by atoms with Crippen LogP contribution in [0.25, 0.3) is 11.0 Å². The second-order valence-electron chi connectivity index (χ2n) is 9.72. The topological polar surface area (TPSA) is 33.1 Å². The molecule has 0 amide bonds. The molecule has 4 nitrogen and oxygen atoms in total. The summed E-state index contributed by atoms with van der Waals surface area (Å²) in [5.41, 5.74) is 2.52. The number of aromatic nitrogens is 2. The number of rotatable bonds is 4. The minimum Gasteiger partial charge on any atom is -0.323 e. The highest BCUT2D eigenvalue weighted by Crippen LogP contribution is 2.34. The molecule has 1 aromatic carbocycles. The Morgan fingerprint density at radius 3 is 2.32 bits per heavy atom. The molecule has 2 aromatic rings. The van der Waals surface area contributed by atoms with Crippen molar-refractivity contribution in [2.75, 3.05) is 26.2 Å². The molecule has 1 N–H and O–H groups in total. The number of fused-ring (bicyclic) bond motifs is 1. The van der Waals surface area contributed by atoms with Crippen LogP contribution < -0.4 is 5.32 Å². The summed E-state index contributed by atoms with van der Waals surface area (Å²) >= 11 is 0. The molecule has 5 rings (SSSR count). The maximum Gasteiger partial charge on any atom is 0.127 e. The van der Waals surface area contributed by atoms with Gasteiger partial charge in [-0.25, -0.2) is 4.98 Å². The SMILES string of the molecule is CC.[HH].c1ccc2c(c1)nc([C@H]1CCCN1)n2C1CCN(CC2CCCCCCC2)CC1. The van der Waals surface area contributed by atoms with Gasteiger partial charge in [0.15, 0.2) is 0 Å². The van der Waals surface area contributed by atoms with Gasteiger partial charge in [-0.2, -0.15) is 0 Å². The molecular formula is C27H46N4. The van der Waals surface area contributed by atoms with Crippen molar-refractivity contribution in [3.63, 3.8) is 0 Å². The van der Waals surface area contributed by atoms with Crippen LogP contribution in [0.15, 0.2) is 24.3 Å². The van der Waals surface area contributed by atoms with Gasteiger partial charge in [0.05, 0.1) is 17.1 Å². The van der Waals surface area contributed by atoms with E-state index in [9.17, 15) is 0 Å². The number of piperidine rings is 1. The molecule has 3 aliphatic rings. The third kappa shape index (κ3) is 5.51. The Hall–Kier alpha value is -1.39. The van der Waals surface area contributed by atoms with Crippen LogP contribution in [0, 0.1) is 5.92 Å². The molecule has 4 heteroatoms. The lowest BCUT2D eigenvalue weighted by atomic mass is 9.90. The van der Waals surface area contributed by atoms with E-state index < -0.39 is 0 Å². The van der Waals surface area contributed by atoms with E-state index in [-0.39, 0.29) is 1.43 Å². The van der Waals surface area contributed by atoms with Gasteiger partial charge in [-0.3, -0.25) is 0 Å². The van der Waals surface area contributed by atoms with Crippen LogP contribution in [0.3, 0.4) is 0 Å². The highest BCUT2D eigenvalue weighted by molar-refractivity contribution is 5.76. The minimum atomic E-state index is 0. The lowest BCUT2D eigenvalue weighted by Crippen LogP contribution is -2.38. The van der Waals surface area contributed by atoms with Crippen molar-refractivity contribution in [1.82, 2.24) is 19.8 Å². The van der Waals surface area contributed by atoms with Crippen LogP contribution >= 0.6 is 0 Å². The van der Waals surface area contributed by atoms with E-state index in [0.29, 0.717) is 12.1 Å². The van der Waals surface area contributed by atoms with Gasteiger partial charge in [0.2, 0.25) is 0 Å². The molecule has 1 aliphatic carbocycles. The summed E-state index contributed by atoms with van der Waals surface area (Å²) < 4.78 is 2.62. The number of nitrogens with one attached hydrogen (secondary N) is 1. The van der Waals surface area contributed by atoms with Crippen LogP contribution in [0.1, 0.15) is 104 Å². The quantitative estimate of drug-likeness (QED) is 0.588. The van der Waals surface area contributed by atoms with Gasteiger partial charge in [-0.1, -0.05) is 58.1 Å². The first kappa shape index (κ1) is 22.8. The molecule has 31 heavy (non-hydrogen) atoms. The van der Waals surface area contributed by atoms with E-state index in [1.54, 1.807) is 0 Å². The van der Waals surface area contributed by atoms with Crippen LogP contribution in [0.2, 0.25) is 0 Å². The number of imidazole rings is 1. The summed E-state index contributed by atoms with van der Waals surface area (Å²) in [6.45, 7) is 8.98. The van der Waals surface area contributed by atoms with Crippen molar-refractivity contribution >= 4 is 11.0 Å². The van der Waals surface area contributed by atoms with E-state index in [1.807, 2.05) is 13.8 Å². The number of likely N-dealkylation sites (tertiary alicyclic amines) is 1. The Bertz CT molecular complexity index is 782. The Morgan fingerprint density at radius 2 is 1.61 bits per heavy atom. The summed E-state index contributed by atoms with van der Waals surface area (Å²) in [4.78, 5) is 7.86. The average molecular weight is 427 g/mol. The summed E-state index contributed by atoms with van der Waals surface area (Å²) in [5, 5.41) is 3.69.